The van der Waals surface area contributed by atoms with Gasteiger partial charge in [-0.1, -0.05) is 6.92 Å². The second kappa shape index (κ2) is 6.06. The quantitative estimate of drug-likeness (QED) is 0.860. The van der Waals surface area contributed by atoms with Gasteiger partial charge in [0, 0.05) is 24.3 Å². The lowest BCUT2D eigenvalue weighted by molar-refractivity contribution is 0.104. The third kappa shape index (κ3) is 3.57. The molecule has 4 nitrogen and oxygen atoms in total. The first-order valence-corrected chi connectivity index (χ1v) is 7.44. The van der Waals surface area contributed by atoms with Gasteiger partial charge in [-0.05, 0) is 51.5 Å². The van der Waals surface area contributed by atoms with E-state index in [4.69, 9.17) is 0 Å². The van der Waals surface area contributed by atoms with Crippen molar-refractivity contribution >= 4 is 0 Å². The number of aromatic nitrogens is 2. The van der Waals surface area contributed by atoms with Crippen LogP contribution in [0.4, 0.5) is 0 Å². The number of hydrogen-bond acceptors (Lipinski definition) is 3. The van der Waals surface area contributed by atoms with Crippen LogP contribution < -0.4 is 5.32 Å². The topological polar surface area (TPSA) is 50.1 Å². The van der Waals surface area contributed by atoms with Crippen molar-refractivity contribution in [2.75, 3.05) is 6.61 Å². The fraction of sp³-hybridized carbons (Fsp3) is 0.800. The summed E-state index contributed by atoms with van der Waals surface area (Å²) in [5, 5.41) is 17.8. The minimum absolute atomic E-state index is 0.0892. The molecule has 0 aromatic carbocycles. The predicted octanol–water partition coefficient (Wildman–Crippen LogP) is 2.49. The van der Waals surface area contributed by atoms with Crippen molar-refractivity contribution < 1.29 is 5.11 Å². The molecule has 2 rings (SSSR count). The van der Waals surface area contributed by atoms with Crippen LogP contribution in [0, 0.1) is 5.92 Å². The fourth-order valence-electron chi connectivity index (χ4n) is 2.74. The Morgan fingerprint density at radius 1 is 1.47 bits per heavy atom. The summed E-state index contributed by atoms with van der Waals surface area (Å²) in [6.45, 7) is 7.52. The third-order valence-corrected chi connectivity index (χ3v) is 4.37. The van der Waals surface area contributed by atoms with Crippen molar-refractivity contribution in [3.05, 3.63) is 18.0 Å². The van der Waals surface area contributed by atoms with Crippen LogP contribution in [0.25, 0.3) is 0 Å². The molecule has 19 heavy (non-hydrogen) atoms. The second-order valence-electron chi connectivity index (χ2n) is 6.36. The van der Waals surface area contributed by atoms with Crippen LogP contribution in [-0.4, -0.2) is 27.0 Å². The van der Waals surface area contributed by atoms with Gasteiger partial charge in [-0.25, -0.2) is 0 Å². The molecular weight excluding hydrogens is 238 g/mol. The maximum absolute atomic E-state index is 9.71. The summed E-state index contributed by atoms with van der Waals surface area (Å²) in [4.78, 5) is 0. The molecular formula is C15H27N3O. The molecule has 0 saturated heterocycles. The monoisotopic (exact) mass is 265 g/mol. The number of nitrogens with zero attached hydrogens (tertiary/aromatic N) is 2. The van der Waals surface area contributed by atoms with Gasteiger partial charge in [0.25, 0.3) is 0 Å². The van der Waals surface area contributed by atoms with Crippen molar-refractivity contribution in [2.45, 2.75) is 64.6 Å². The van der Waals surface area contributed by atoms with Crippen molar-refractivity contribution in [2.24, 2.45) is 5.92 Å². The van der Waals surface area contributed by atoms with Gasteiger partial charge in [0.15, 0.2) is 0 Å². The molecule has 0 amide bonds. The first-order valence-electron chi connectivity index (χ1n) is 7.44. The van der Waals surface area contributed by atoms with Gasteiger partial charge >= 0.3 is 0 Å². The van der Waals surface area contributed by atoms with E-state index in [9.17, 15) is 5.11 Å². The standard InChI is InChI=1S/C15H27N3O/c1-12(2)18-9-6-14(17-18)10-16-15(11-19)7-4-13(3)5-8-15/h6,9,12-13,16,19H,4-5,7-8,10-11H2,1-3H3. The average molecular weight is 265 g/mol. The van der Waals surface area contributed by atoms with Gasteiger partial charge in [-0.15, -0.1) is 0 Å². The fourth-order valence-corrected chi connectivity index (χ4v) is 2.74. The highest BCUT2D eigenvalue weighted by Gasteiger charge is 2.33. The molecule has 1 aliphatic carbocycles. The molecule has 0 radical (unpaired) electrons. The van der Waals surface area contributed by atoms with E-state index in [0.717, 1.165) is 31.0 Å². The van der Waals surface area contributed by atoms with Crippen molar-refractivity contribution in [1.82, 2.24) is 15.1 Å². The van der Waals surface area contributed by atoms with E-state index in [-0.39, 0.29) is 12.1 Å². The zero-order chi connectivity index (χ0) is 13.9. The van der Waals surface area contributed by atoms with E-state index in [1.54, 1.807) is 0 Å². The third-order valence-electron chi connectivity index (χ3n) is 4.37. The molecule has 0 spiro atoms. The zero-order valence-electron chi connectivity index (χ0n) is 12.4. The first kappa shape index (κ1) is 14.5. The number of nitrogens with one attached hydrogen (secondary N) is 1. The van der Waals surface area contributed by atoms with E-state index in [1.165, 1.54) is 12.8 Å². The molecule has 1 heterocycles. The van der Waals surface area contributed by atoms with Crippen LogP contribution in [0.5, 0.6) is 0 Å². The molecule has 108 valence electrons. The largest absolute Gasteiger partial charge is 0.394 e. The maximum atomic E-state index is 9.71. The minimum Gasteiger partial charge on any atom is -0.394 e. The maximum Gasteiger partial charge on any atom is 0.0762 e. The number of aliphatic hydroxyl groups is 1. The van der Waals surface area contributed by atoms with Crippen molar-refractivity contribution in [3.63, 3.8) is 0 Å². The highest BCUT2D eigenvalue weighted by molar-refractivity contribution is 5.02. The SMILES string of the molecule is CC1CCC(CO)(NCc2ccn(C(C)C)n2)CC1. The molecule has 1 aromatic heterocycles. The summed E-state index contributed by atoms with van der Waals surface area (Å²) < 4.78 is 1.98. The van der Waals surface area contributed by atoms with Crippen molar-refractivity contribution in [3.8, 4) is 0 Å². The number of rotatable bonds is 5. The highest BCUT2D eigenvalue weighted by atomic mass is 16.3. The first-order chi connectivity index (χ1) is 9.04. The molecule has 1 aromatic rings. The van der Waals surface area contributed by atoms with E-state index in [2.05, 4.69) is 37.3 Å². The summed E-state index contributed by atoms with van der Waals surface area (Å²) in [5.74, 6) is 0.793. The second-order valence-corrected chi connectivity index (χ2v) is 6.36. The Morgan fingerprint density at radius 2 is 2.16 bits per heavy atom. The molecule has 1 aliphatic rings. The van der Waals surface area contributed by atoms with E-state index in [0.29, 0.717) is 6.04 Å². The van der Waals surface area contributed by atoms with Gasteiger partial charge in [0.05, 0.1) is 12.3 Å². The van der Waals surface area contributed by atoms with Gasteiger partial charge < -0.3 is 10.4 Å². The highest BCUT2D eigenvalue weighted by Crippen LogP contribution is 2.31. The Labute approximate surface area is 116 Å². The summed E-state index contributed by atoms with van der Waals surface area (Å²) >= 11 is 0. The molecule has 0 unspecified atom stereocenters. The van der Waals surface area contributed by atoms with Crippen LogP contribution in [-0.2, 0) is 6.54 Å². The lowest BCUT2D eigenvalue weighted by Crippen LogP contribution is -2.50. The normalized spacial score (nSPS) is 27.9. The predicted molar refractivity (Wildman–Crippen MR) is 76.9 cm³/mol. The van der Waals surface area contributed by atoms with Gasteiger partial charge in [-0.2, -0.15) is 5.10 Å². The van der Waals surface area contributed by atoms with Gasteiger partial charge in [0.2, 0.25) is 0 Å². The zero-order valence-corrected chi connectivity index (χ0v) is 12.4. The minimum atomic E-state index is -0.0892. The van der Waals surface area contributed by atoms with Crippen LogP contribution in [0.2, 0.25) is 0 Å². The molecule has 1 fully saturated rings. The molecule has 1 saturated carbocycles. The average Bonchev–Trinajstić information content (AvgIpc) is 2.88. The molecule has 0 atom stereocenters. The summed E-state index contributed by atoms with van der Waals surface area (Å²) in [5.41, 5.74) is 0.967. The molecule has 0 bridgehead atoms. The Balaban J connectivity index is 1.92. The summed E-state index contributed by atoms with van der Waals surface area (Å²) in [6.07, 6.45) is 6.56. The summed E-state index contributed by atoms with van der Waals surface area (Å²) in [6, 6.07) is 2.46. The Hall–Kier alpha value is -0.870. The lowest BCUT2D eigenvalue weighted by Gasteiger charge is -2.38. The molecule has 4 heteroatoms. The lowest BCUT2D eigenvalue weighted by atomic mass is 9.77. The van der Waals surface area contributed by atoms with E-state index >= 15 is 0 Å². The van der Waals surface area contributed by atoms with E-state index in [1.807, 2.05) is 10.9 Å². The van der Waals surface area contributed by atoms with Crippen LogP contribution in [0.3, 0.4) is 0 Å². The van der Waals surface area contributed by atoms with Gasteiger partial charge in [-0.3, -0.25) is 4.68 Å². The smallest absolute Gasteiger partial charge is 0.0762 e. The van der Waals surface area contributed by atoms with Crippen LogP contribution in [0.1, 0.15) is 58.2 Å². The van der Waals surface area contributed by atoms with Crippen LogP contribution in [0.15, 0.2) is 12.3 Å². The van der Waals surface area contributed by atoms with Crippen molar-refractivity contribution in [1.29, 1.82) is 0 Å². The molecule has 2 N–H and O–H groups in total. The number of hydrogen-bond donors (Lipinski definition) is 2. The van der Waals surface area contributed by atoms with E-state index < -0.39 is 0 Å². The summed E-state index contributed by atoms with van der Waals surface area (Å²) in [7, 11) is 0. The van der Waals surface area contributed by atoms with Gasteiger partial charge in [0.1, 0.15) is 0 Å². The Bertz CT molecular complexity index is 392. The molecule has 0 aliphatic heterocycles. The Kier molecular flexibility index (Phi) is 4.63. The van der Waals surface area contributed by atoms with Crippen LogP contribution >= 0.6 is 0 Å². The number of aliphatic hydroxyl groups excluding tert-OH is 1. The Morgan fingerprint density at radius 3 is 2.68 bits per heavy atom.